The summed E-state index contributed by atoms with van der Waals surface area (Å²) < 4.78 is 39.4. The van der Waals surface area contributed by atoms with E-state index in [0.717, 1.165) is 42.1 Å². The summed E-state index contributed by atoms with van der Waals surface area (Å²) in [7, 11) is 0. The second kappa shape index (κ2) is 5.14. The van der Waals surface area contributed by atoms with Crippen molar-refractivity contribution in [1.29, 1.82) is 0 Å². The zero-order valence-corrected chi connectivity index (χ0v) is 11.2. The minimum Gasteiger partial charge on any atom is -0.316 e. The Labute approximate surface area is 118 Å². The van der Waals surface area contributed by atoms with E-state index in [1.54, 1.807) is 0 Å². The molecule has 112 valence electrons. The fourth-order valence-electron chi connectivity index (χ4n) is 2.61. The number of hydrogen-bond donors (Lipinski definition) is 1. The van der Waals surface area contributed by atoms with Crippen LogP contribution in [0.15, 0.2) is 29.2 Å². The lowest BCUT2D eigenvalue weighted by atomic mass is 9.96. The smallest absolute Gasteiger partial charge is 0.316 e. The lowest BCUT2D eigenvalue weighted by Crippen LogP contribution is -2.30. The van der Waals surface area contributed by atoms with Gasteiger partial charge >= 0.3 is 6.18 Å². The molecule has 4 nitrogen and oxygen atoms in total. The maximum Gasteiger partial charge on any atom is 0.416 e. The van der Waals surface area contributed by atoms with E-state index in [1.807, 2.05) is 0 Å². The van der Waals surface area contributed by atoms with Gasteiger partial charge in [-0.15, -0.1) is 0 Å². The van der Waals surface area contributed by atoms with Gasteiger partial charge in [0.2, 0.25) is 0 Å². The average Bonchev–Trinajstić information content (AvgIpc) is 2.46. The molecule has 0 saturated carbocycles. The van der Waals surface area contributed by atoms with Crippen LogP contribution in [-0.4, -0.2) is 22.5 Å². The van der Waals surface area contributed by atoms with E-state index in [0.29, 0.717) is 12.2 Å². The van der Waals surface area contributed by atoms with Crippen molar-refractivity contribution >= 4 is 5.65 Å². The van der Waals surface area contributed by atoms with Crippen LogP contribution in [-0.2, 0) is 6.18 Å². The van der Waals surface area contributed by atoms with E-state index >= 15 is 0 Å². The fourth-order valence-corrected chi connectivity index (χ4v) is 2.61. The van der Waals surface area contributed by atoms with E-state index in [1.165, 1.54) is 6.07 Å². The number of fused-ring (bicyclic) bond motifs is 1. The minimum atomic E-state index is -4.44. The molecule has 0 amide bonds. The molecule has 0 aromatic carbocycles. The molecule has 2 aromatic rings. The molecule has 0 aliphatic carbocycles. The predicted octanol–water partition coefficient (Wildman–Crippen LogP) is 2.18. The summed E-state index contributed by atoms with van der Waals surface area (Å²) in [5.41, 5.74) is -0.549. The van der Waals surface area contributed by atoms with Gasteiger partial charge in [-0.05, 0) is 31.5 Å². The van der Waals surface area contributed by atoms with Crippen molar-refractivity contribution in [3.63, 3.8) is 0 Å². The SMILES string of the molecule is O=c1cc(C2CCCNC2)nc2cc(C(F)(F)F)ccn12. The highest BCUT2D eigenvalue weighted by molar-refractivity contribution is 5.43. The molecule has 0 spiro atoms. The first kappa shape index (κ1) is 14.1. The highest BCUT2D eigenvalue weighted by atomic mass is 19.4. The van der Waals surface area contributed by atoms with E-state index in [-0.39, 0.29) is 17.1 Å². The largest absolute Gasteiger partial charge is 0.416 e. The van der Waals surface area contributed by atoms with Crippen LogP contribution in [0.5, 0.6) is 0 Å². The number of aromatic nitrogens is 2. The molecule has 2 aromatic heterocycles. The molecule has 1 saturated heterocycles. The molecule has 3 rings (SSSR count). The Morgan fingerprint density at radius 1 is 1.33 bits per heavy atom. The van der Waals surface area contributed by atoms with Gasteiger partial charge in [0, 0.05) is 24.7 Å². The number of halogens is 3. The molecule has 1 unspecified atom stereocenters. The van der Waals surface area contributed by atoms with Crippen LogP contribution in [0, 0.1) is 0 Å². The van der Waals surface area contributed by atoms with Gasteiger partial charge in [-0.3, -0.25) is 9.20 Å². The van der Waals surface area contributed by atoms with Crippen LogP contribution in [0.4, 0.5) is 13.2 Å². The lowest BCUT2D eigenvalue weighted by molar-refractivity contribution is -0.137. The maximum atomic E-state index is 12.7. The Kier molecular flexibility index (Phi) is 3.44. The van der Waals surface area contributed by atoms with Gasteiger partial charge in [0.05, 0.1) is 11.3 Å². The first-order valence-electron chi connectivity index (χ1n) is 6.76. The molecule has 3 heterocycles. The Balaban J connectivity index is 2.10. The molecule has 1 aliphatic heterocycles. The highest BCUT2D eigenvalue weighted by Gasteiger charge is 2.31. The van der Waals surface area contributed by atoms with Gasteiger partial charge in [0.15, 0.2) is 0 Å². The zero-order valence-electron chi connectivity index (χ0n) is 11.2. The van der Waals surface area contributed by atoms with E-state index in [4.69, 9.17) is 0 Å². The summed E-state index contributed by atoms with van der Waals surface area (Å²) in [5.74, 6) is 0.0750. The number of rotatable bonds is 1. The Morgan fingerprint density at radius 2 is 2.14 bits per heavy atom. The third-order valence-electron chi connectivity index (χ3n) is 3.73. The number of piperidine rings is 1. The number of nitrogens with one attached hydrogen (secondary N) is 1. The van der Waals surface area contributed by atoms with Gasteiger partial charge in [0.25, 0.3) is 5.56 Å². The van der Waals surface area contributed by atoms with E-state index in [2.05, 4.69) is 10.3 Å². The minimum absolute atomic E-state index is 0.0397. The van der Waals surface area contributed by atoms with Crippen LogP contribution in [0.2, 0.25) is 0 Å². The molecule has 7 heteroatoms. The summed E-state index contributed by atoms with van der Waals surface area (Å²) in [6.45, 7) is 1.61. The molecule has 1 atom stereocenters. The number of nitrogens with zero attached hydrogens (tertiary/aromatic N) is 2. The molecule has 1 N–H and O–H groups in total. The topological polar surface area (TPSA) is 46.4 Å². The van der Waals surface area contributed by atoms with Crippen molar-refractivity contribution in [2.75, 3.05) is 13.1 Å². The first-order valence-corrected chi connectivity index (χ1v) is 6.76. The Hall–Kier alpha value is -1.89. The molecular formula is C14H14F3N3O. The van der Waals surface area contributed by atoms with Crippen molar-refractivity contribution in [3.8, 4) is 0 Å². The fraction of sp³-hybridized carbons (Fsp3) is 0.429. The molecule has 21 heavy (non-hydrogen) atoms. The molecule has 0 bridgehead atoms. The normalized spacial score (nSPS) is 19.9. The van der Waals surface area contributed by atoms with Crippen molar-refractivity contribution in [3.05, 3.63) is 46.0 Å². The zero-order chi connectivity index (χ0) is 15.0. The summed E-state index contributed by atoms with van der Waals surface area (Å²) in [6, 6.07) is 3.22. The van der Waals surface area contributed by atoms with Crippen LogP contribution in [0.3, 0.4) is 0 Å². The van der Waals surface area contributed by atoms with E-state index in [9.17, 15) is 18.0 Å². The number of hydrogen-bond acceptors (Lipinski definition) is 3. The van der Waals surface area contributed by atoms with Gasteiger partial charge in [0.1, 0.15) is 5.65 Å². The van der Waals surface area contributed by atoms with Gasteiger partial charge < -0.3 is 5.32 Å². The lowest BCUT2D eigenvalue weighted by Gasteiger charge is -2.22. The Bertz CT molecular complexity index is 717. The first-order chi connectivity index (χ1) is 9.95. The summed E-state index contributed by atoms with van der Waals surface area (Å²) >= 11 is 0. The van der Waals surface area contributed by atoms with Crippen molar-refractivity contribution in [2.45, 2.75) is 24.9 Å². The molecule has 0 radical (unpaired) electrons. The third-order valence-corrected chi connectivity index (χ3v) is 3.73. The van der Waals surface area contributed by atoms with Crippen molar-refractivity contribution < 1.29 is 13.2 Å². The summed E-state index contributed by atoms with van der Waals surface area (Å²) in [5, 5.41) is 3.21. The van der Waals surface area contributed by atoms with Crippen LogP contribution >= 0.6 is 0 Å². The second-order valence-electron chi connectivity index (χ2n) is 5.20. The van der Waals surface area contributed by atoms with E-state index < -0.39 is 11.7 Å². The molecular weight excluding hydrogens is 283 g/mol. The monoisotopic (exact) mass is 297 g/mol. The van der Waals surface area contributed by atoms with Crippen molar-refractivity contribution in [1.82, 2.24) is 14.7 Å². The maximum absolute atomic E-state index is 12.7. The number of pyridine rings is 1. The van der Waals surface area contributed by atoms with Crippen LogP contribution in [0.1, 0.15) is 30.0 Å². The quantitative estimate of drug-likeness (QED) is 0.877. The van der Waals surface area contributed by atoms with Gasteiger partial charge in [-0.1, -0.05) is 0 Å². The summed E-state index contributed by atoms with van der Waals surface area (Å²) in [6.07, 6.45) is -1.47. The highest BCUT2D eigenvalue weighted by Crippen LogP contribution is 2.29. The van der Waals surface area contributed by atoms with Crippen LogP contribution < -0.4 is 10.9 Å². The average molecular weight is 297 g/mol. The third kappa shape index (κ3) is 2.78. The second-order valence-corrected chi connectivity index (χ2v) is 5.20. The molecule has 1 fully saturated rings. The van der Waals surface area contributed by atoms with Gasteiger partial charge in [-0.2, -0.15) is 13.2 Å². The summed E-state index contributed by atoms with van der Waals surface area (Å²) in [4.78, 5) is 16.3. The predicted molar refractivity (Wildman–Crippen MR) is 71.3 cm³/mol. The van der Waals surface area contributed by atoms with Gasteiger partial charge in [-0.25, -0.2) is 4.98 Å². The number of alkyl halides is 3. The van der Waals surface area contributed by atoms with Crippen LogP contribution in [0.25, 0.3) is 5.65 Å². The Morgan fingerprint density at radius 3 is 2.81 bits per heavy atom. The molecule has 1 aliphatic rings. The van der Waals surface area contributed by atoms with Crippen molar-refractivity contribution in [2.24, 2.45) is 0 Å². The standard InChI is InChI=1S/C14H14F3N3O/c15-14(16,17)10-3-5-20-12(6-10)19-11(7-13(20)21)9-2-1-4-18-8-9/h3,5-7,9,18H,1-2,4,8H2.